The maximum absolute atomic E-state index is 12.6. The molecule has 1 amide bonds. The molecule has 0 atom stereocenters. The van der Waals surface area contributed by atoms with Crippen molar-refractivity contribution >= 4 is 38.6 Å². The lowest BCUT2D eigenvalue weighted by Crippen LogP contribution is -2.13. The first-order chi connectivity index (χ1) is 13.1. The summed E-state index contributed by atoms with van der Waals surface area (Å²) in [6.45, 7) is 0. The molecule has 0 saturated carbocycles. The van der Waals surface area contributed by atoms with E-state index in [9.17, 15) is 4.79 Å². The zero-order valence-electron chi connectivity index (χ0n) is 14.4. The highest BCUT2D eigenvalue weighted by atomic mass is 79.9. The van der Waals surface area contributed by atoms with E-state index in [4.69, 9.17) is 9.15 Å². The zero-order valence-corrected chi connectivity index (χ0v) is 16.0. The molecule has 1 aromatic heterocycles. The largest absolute Gasteiger partial charge is 0.496 e. The van der Waals surface area contributed by atoms with E-state index in [1.165, 1.54) is 7.11 Å². The molecule has 0 saturated heterocycles. The Morgan fingerprint density at radius 3 is 2.59 bits per heavy atom. The predicted octanol–water partition coefficient (Wildman–Crippen LogP) is 5.52. The molecule has 0 radical (unpaired) electrons. The van der Waals surface area contributed by atoms with Crippen LogP contribution in [0.15, 0.2) is 75.6 Å². The number of nitrogens with zero attached hydrogens (tertiary/aromatic N) is 1. The Morgan fingerprint density at radius 1 is 1.07 bits per heavy atom. The van der Waals surface area contributed by atoms with E-state index in [1.54, 1.807) is 12.1 Å². The number of methoxy groups -OCH3 is 1. The van der Waals surface area contributed by atoms with Gasteiger partial charge in [-0.15, -0.1) is 0 Å². The maximum atomic E-state index is 12.6. The second kappa shape index (κ2) is 7.25. The molecule has 0 aliphatic carbocycles. The molecule has 134 valence electrons. The van der Waals surface area contributed by atoms with Crippen LogP contribution >= 0.6 is 15.9 Å². The predicted molar refractivity (Wildman–Crippen MR) is 108 cm³/mol. The molecular weight excluding hydrogens is 408 g/mol. The Hall–Kier alpha value is -3.12. The summed E-state index contributed by atoms with van der Waals surface area (Å²) in [5, 5.41) is 2.87. The van der Waals surface area contributed by atoms with Gasteiger partial charge in [0.1, 0.15) is 11.3 Å². The summed E-state index contributed by atoms with van der Waals surface area (Å²) in [6, 6.07) is 20.3. The smallest absolute Gasteiger partial charge is 0.259 e. The summed E-state index contributed by atoms with van der Waals surface area (Å²) in [7, 11) is 1.54. The number of rotatable bonds is 4. The van der Waals surface area contributed by atoms with Crippen LogP contribution in [-0.2, 0) is 0 Å². The van der Waals surface area contributed by atoms with Crippen molar-refractivity contribution in [3.63, 3.8) is 0 Å². The van der Waals surface area contributed by atoms with Crippen molar-refractivity contribution in [1.82, 2.24) is 4.98 Å². The number of para-hydroxylation sites is 2. The van der Waals surface area contributed by atoms with E-state index in [2.05, 4.69) is 26.2 Å². The Kier molecular flexibility index (Phi) is 4.64. The van der Waals surface area contributed by atoms with Crippen molar-refractivity contribution in [2.24, 2.45) is 0 Å². The molecule has 0 fully saturated rings. The van der Waals surface area contributed by atoms with Crippen LogP contribution in [0.2, 0.25) is 0 Å². The lowest BCUT2D eigenvalue weighted by atomic mass is 10.1. The minimum absolute atomic E-state index is 0.247. The van der Waals surface area contributed by atoms with E-state index in [1.807, 2.05) is 54.6 Å². The number of halogens is 1. The number of fused-ring (bicyclic) bond motifs is 1. The highest BCUT2D eigenvalue weighted by Crippen LogP contribution is 2.27. The zero-order chi connectivity index (χ0) is 18.8. The van der Waals surface area contributed by atoms with Crippen molar-refractivity contribution in [3.05, 3.63) is 76.8 Å². The van der Waals surface area contributed by atoms with E-state index >= 15 is 0 Å². The molecule has 4 aromatic rings. The first kappa shape index (κ1) is 17.3. The van der Waals surface area contributed by atoms with E-state index in [0.29, 0.717) is 22.9 Å². The lowest BCUT2D eigenvalue weighted by molar-refractivity contribution is 0.102. The highest BCUT2D eigenvalue weighted by Gasteiger charge is 2.14. The van der Waals surface area contributed by atoms with Crippen molar-refractivity contribution in [2.45, 2.75) is 0 Å². The Bertz CT molecular complexity index is 1090. The van der Waals surface area contributed by atoms with Gasteiger partial charge >= 0.3 is 0 Å². The molecular formula is C21H15BrN2O3. The third-order valence-corrected chi connectivity index (χ3v) is 4.58. The molecule has 1 heterocycles. The van der Waals surface area contributed by atoms with E-state index in [0.717, 1.165) is 21.1 Å². The number of ether oxygens (including phenoxy) is 1. The topological polar surface area (TPSA) is 64.4 Å². The van der Waals surface area contributed by atoms with Gasteiger partial charge in [-0.2, -0.15) is 0 Å². The van der Waals surface area contributed by atoms with Gasteiger partial charge in [-0.05, 0) is 54.6 Å². The standard InChI is InChI=1S/C21H15BrN2O3/c1-26-18-11-8-14(22)12-16(18)20(25)23-15-9-6-13(7-10-15)21-24-17-4-2-3-5-19(17)27-21/h2-12H,1H3,(H,23,25). The number of hydrogen-bond donors (Lipinski definition) is 1. The quantitative estimate of drug-likeness (QED) is 0.470. The fourth-order valence-electron chi connectivity index (χ4n) is 2.75. The van der Waals surface area contributed by atoms with Crippen LogP contribution in [0, 0.1) is 0 Å². The summed E-state index contributed by atoms with van der Waals surface area (Å²) in [6.07, 6.45) is 0. The molecule has 27 heavy (non-hydrogen) atoms. The number of anilines is 1. The molecule has 0 spiro atoms. The molecule has 6 heteroatoms. The van der Waals surface area contributed by atoms with Gasteiger partial charge in [0.05, 0.1) is 12.7 Å². The van der Waals surface area contributed by atoms with Crippen LogP contribution in [0.3, 0.4) is 0 Å². The fraction of sp³-hybridized carbons (Fsp3) is 0.0476. The molecule has 0 aliphatic heterocycles. The third-order valence-electron chi connectivity index (χ3n) is 4.09. The normalized spacial score (nSPS) is 10.7. The number of oxazole rings is 1. The van der Waals surface area contributed by atoms with Crippen LogP contribution in [0.25, 0.3) is 22.6 Å². The molecule has 0 unspecified atom stereocenters. The number of carbonyl (C=O) groups is 1. The first-order valence-corrected chi connectivity index (χ1v) is 9.04. The van der Waals surface area contributed by atoms with Gasteiger partial charge in [0.15, 0.2) is 5.58 Å². The summed E-state index contributed by atoms with van der Waals surface area (Å²) in [5.74, 6) is 0.810. The Balaban J connectivity index is 1.56. The number of hydrogen-bond acceptors (Lipinski definition) is 4. The van der Waals surface area contributed by atoms with E-state index in [-0.39, 0.29) is 5.91 Å². The SMILES string of the molecule is COc1ccc(Br)cc1C(=O)Nc1ccc(-c2nc3ccccc3o2)cc1. The van der Waals surface area contributed by atoms with Gasteiger partial charge in [0.2, 0.25) is 5.89 Å². The van der Waals surface area contributed by atoms with Gasteiger partial charge < -0.3 is 14.5 Å². The number of aromatic nitrogens is 1. The van der Waals surface area contributed by atoms with Gasteiger partial charge in [-0.25, -0.2) is 4.98 Å². The fourth-order valence-corrected chi connectivity index (χ4v) is 3.11. The van der Waals surface area contributed by atoms with Gasteiger partial charge in [-0.1, -0.05) is 28.1 Å². The second-order valence-electron chi connectivity index (χ2n) is 5.86. The van der Waals surface area contributed by atoms with Crippen LogP contribution < -0.4 is 10.1 Å². The monoisotopic (exact) mass is 422 g/mol. The van der Waals surface area contributed by atoms with Crippen LogP contribution in [-0.4, -0.2) is 18.0 Å². The third kappa shape index (κ3) is 3.57. The van der Waals surface area contributed by atoms with E-state index < -0.39 is 0 Å². The van der Waals surface area contributed by atoms with Crippen LogP contribution in [0.4, 0.5) is 5.69 Å². The minimum atomic E-state index is -0.247. The molecule has 1 N–H and O–H groups in total. The molecule has 5 nitrogen and oxygen atoms in total. The number of carbonyl (C=O) groups excluding carboxylic acids is 1. The summed E-state index contributed by atoms with van der Waals surface area (Å²) in [5.41, 5.74) is 3.51. The van der Waals surface area contributed by atoms with Gasteiger partial charge in [0.25, 0.3) is 5.91 Å². The number of nitrogens with one attached hydrogen (secondary N) is 1. The summed E-state index contributed by atoms with van der Waals surface area (Å²) < 4.78 is 11.8. The molecule has 3 aromatic carbocycles. The summed E-state index contributed by atoms with van der Waals surface area (Å²) in [4.78, 5) is 17.1. The first-order valence-electron chi connectivity index (χ1n) is 8.25. The van der Waals surface area contributed by atoms with Gasteiger partial charge in [0, 0.05) is 15.7 Å². The molecule has 0 aliphatic rings. The van der Waals surface area contributed by atoms with Crippen molar-refractivity contribution in [1.29, 1.82) is 0 Å². The summed E-state index contributed by atoms with van der Waals surface area (Å²) >= 11 is 3.38. The van der Waals surface area contributed by atoms with Gasteiger partial charge in [-0.3, -0.25) is 4.79 Å². The average molecular weight is 423 g/mol. The van der Waals surface area contributed by atoms with Crippen molar-refractivity contribution in [2.75, 3.05) is 12.4 Å². The number of amides is 1. The maximum Gasteiger partial charge on any atom is 0.259 e. The Labute approximate surface area is 164 Å². The number of benzene rings is 3. The minimum Gasteiger partial charge on any atom is -0.496 e. The highest BCUT2D eigenvalue weighted by molar-refractivity contribution is 9.10. The second-order valence-corrected chi connectivity index (χ2v) is 6.78. The Morgan fingerprint density at radius 2 is 1.85 bits per heavy atom. The lowest BCUT2D eigenvalue weighted by Gasteiger charge is -2.10. The van der Waals surface area contributed by atoms with Crippen LogP contribution in [0.1, 0.15) is 10.4 Å². The average Bonchev–Trinajstić information content (AvgIpc) is 3.12. The van der Waals surface area contributed by atoms with Crippen molar-refractivity contribution in [3.8, 4) is 17.2 Å². The van der Waals surface area contributed by atoms with Crippen LogP contribution in [0.5, 0.6) is 5.75 Å². The molecule has 0 bridgehead atoms. The van der Waals surface area contributed by atoms with Crippen molar-refractivity contribution < 1.29 is 13.9 Å². The molecule has 4 rings (SSSR count).